The summed E-state index contributed by atoms with van der Waals surface area (Å²) < 4.78 is 18.1. The van der Waals surface area contributed by atoms with Gasteiger partial charge in [0.15, 0.2) is 0 Å². The third-order valence-corrected chi connectivity index (χ3v) is 4.52. The summed E-state index contributed by atoms with van der Waals surface area (Å²) in [5.41, 5.74) is 0.846. The van der Waals surface area contributed by atoms with Crippen LogP contribution in [0.5, 0.6) is 0 Å². The number of aliphatic hydroxyl groups excluding tert-OH is 2. The fraction of sp³-hybridized carbons (Fsp3) is 0.857. The summed E-state index contributed by atoms with van der Waals surface area (Å²) in [5, 5.41) is 27.5. The summed E-state index contributed by atoms with van der Waals surface area (Å²) in [6.07, 6.45) is 0.496. The van der Waals surface area contributed by atoms with Gasteiger partial charge in [0.25, 0.3) is 0 Å². The Balaban J connectivity index is 1.68. The van der Waals surface area contributed by atoms with Gasteiger partial charge in [-0.05, 0) is 6.92 Å². The molecule has 8 heteroatoms. The van der Waals surface area contributed by atoms with E-state index in [1.165, 1.54) is 0 Å². The van der Waals surface area contributed by atoms with Crippen molar-refractivity contribution in [2.45, 2.75) is 49.7 Å². The fourth-order valence-corrected chi connectivity index (χ4v) is 2.92. The Kier molecular flexibility index (Phi) is 4.47. The minimum Gasteiger partial charge on any atom is -0.394 e. The van der Waals surface area contributed by atoms with Crippen LogP contribution in [0.3, 0.4) is 0 Å². The summed E-state index contributed by atoms with van der Waals surface area (Å²) >= 11 is 0. The molecule has 0 spiro atoms. The molecule has 0 saturated carbocycles. The summed E-state index contributed by atoms with van der Waals surface area (Å²) in [6.45, 7) is 3.66. The molecule has 124 valence electrons. The molecule has 0 amide bonds. The van der Waals surface area contributed by atoms with Crippen molar-refractivity contribution in [1.29, 1.82) is 0 Å². The number of hydrogen-bond donors (Lipinski definition) is 2. The Morgan fingerprint density at radius 1 is 1.45 bits per heavy atom. The van der Waals surface area contributed by atoms with Crippen molar-refractivity contribution in [2.24, 2.45) is 0 Å². The van der Waals surface area contributed by atoms with Gasteiger partial charge in [-0.3, -0.25) is 0 Å². The molecule has 4 atom stereocenters. The minimum absolute atomic E-state index is 0.0594. The average Bonchev–Trinajstić information content (AvgIpc) is 2.95. The molecule has 1 aromatic rings. The van der Waals surface area contributed by atoms with E-state index in [1.54, 1.807) is 11.8 Å². The van der Waals surface area contributed by atoms with Crippen LogP contribution in [0, 0.1) is 0 Å². The second-order valence-corrected chi connectivity index (χ2v) is 6.35. The van der Waals surface area contributed by atoms with Gasteiger partial charge in [0, 0.05) is 19.7 Å². The van der Waals surface area contributed by atoms with Crippen LogP contribution in [0.1, 0.15) is 19.0 Å². The van der Waals surface area contributed by atoms with Crippen molar-refractivity contribution in [3.8, 4) is 0 Å². The van der Waals surface area contributed by atoms with Gasteiger partial charge in [-0.25, -0.2) is 4.68 Å². The zero-order valence-electron chi connectivity index (χ0n) is 12.9. The first-order valence-corrected chi connectivity index (χ1v) is 7.51. The minimum atomic E-state index is -0.719. The number of methoxy groups -OCH3 is 1. The molecular formula is C14H23N3O5. The van der Waals surface area contributed by atoms with E-state index in [1.807, 2.05) is 6.20 Å². The van der Waals surface area contributed by atoms with E-state index in [0.29, 0.717) is 26.2 Å². The zero-order valence-corrected chi connectivity index (χ0v) is 12.9. The topological polar surface area (TPSA) is 98.9 Å². The largest absolute Gasteiger partial charge is 0.394 e. The monoisotopic (exact) mass is 313 g/mol. The predicted molar refractivity (Wildman–Crippen MR) is 75.4 cm³/mol. The van der Waals surface area contributed by atoms with Crippen LogP contribution in [0.2, 0.25) is 0 Å². The molecule has 1 aromatic heterocycles. The Hall–Kier alpha value is -1.06. The van der Waals surface area contributed by atoms with Gasteiger partial charge in [-0.15, -0.1) is 5.10 Å². The SMILES string of the molecule is COC1CC(O)C(CO)OC1Cn1cc(C2(C)COC2)nn1. The van der Waals surface area contributed by atoms with Crippen LogP contribution in [0.25, 0.3) is 0 Å². The number of hydrogen-bond acceptors (Lipinski definition) is 7. The molecule has 2 aliphatic rings. The summed E-state index contributed by atoms with van der Waals surface area (Å²) in [7, 11) is 1.59. The van der Waals surface area contributed by atoms with Crippen LogP contribution in [-0.4, -0.2) is 76.6 Å². The van der Waals surface area contributed by atoms with Crippen molar-refractivity contribution in [1.82, 2.24) is 15.0 Å². The third-order valence-electron chi connectivity index (χ3n) is 4.52. The summed E-state index contributed by atoms with van der Waals surface area (Å²) in [6, 6.07) is 0. The summed E-state index contributed by atoms with van der Waals surface area (Å²) in [4.78, 5) is 0. The van der Waals surface area contributed by atoms with Crippen LogP contribution >= 0.6 is 0 Å². The predicted octanol–water partition coefficient (Wildman–Crippen LogP) is -0.908. The van der Waals surface area contributed by atoms with Crippen molar-refractivity contribution in [3.63, 3.8) is 0 Å². The number of aromatic nitrogens is 3. The lowest BCUT2D eigenvalue weighted by molar-refractivity contribution is -0.190. The summed E-state index contributed by atoms with van der Waals surface area (Å²) in [5.74, 6) is 0. The van der Waals surface area contributed by atoms with E-state index in [4.69, 9.17) is 14.2 Å². The van der Waals surface area contributed by atoms with Crippen LogP contribution < -0.4 is 0 Å². The highest BCUT2D eigenvalue weighted by atomic mass is 16.6. The van der Waals surface area contributed by atoms with Crippen molar-refractivity contribution < 1.29 is 24.4 Å². The van der Waals surface area contributed by atoms with Gasteiger partial charge in [-0.2, -0.15) is 0 Å². The molecule has 4 unspecified atom stereocenters. The van der Waals surface area contributed by atoms with E-state index >= 15 is 0 Å². The highest BCUT2D eigenvalue weighted by Gasteiger charge is 2.39. The second kappa shape index (κ2) is 6.21. The maximum absolute atomic E-state index is 9.89. The van der Waals surface area contributed by atoms with Gasteiger partial charge in [-0.1, -0.05) is 5.21 Å². The molecule has 0 aromatic carbocycles. The normalized spacial score (nSPS) is 34.4. The Morgan fingerprint density at radius 3 is 2.82 bits per heavy atom. The van der Waals surface area contributed by atoms with E-state index in [0.717, 1.165) is 5.69 Å². The van der Waals surface area contributed by atoms with Crippen molar-refractivity contribution in [2.75, 3.05) is 26.9 Å². The van der Waals surface area contributed by atoms with Crippen LogP contribution in [0.4, 0.5) is 0 Å². The van der Waals surface area contributed by atoms with Gasteiger partial charge in [0.1, 0.15) is 12.2 Å². The first kappa shape index (κ1) is 15.8. The molecule has 8 nitrogen and oxygen atoms in total. The number of ether oxygens (including phenoxy) is 3. The van der Waals surface area contributed by atoms with Gasteiger partial charge < -0.3 is 24.4 Å². The van der Waals surface area contributed by atoms with Crippen LogP contribution in [-0.2, 0) is 26.2 Å². The van der Waals surface area contributed by atoms with E-state index in [-0.39, 0.29) is 24.2 Å². The van der Waals surface area contributed by atoms with E-state index < -0.39 is 12.2 Å². The molecule has 3 heterocycles. The van der Waals surface area contributed by atoms with Crippen molar-refractivity contribution in [3.05, 3.63) is 11.9 Å². The van der Waals surface area contributed by atoms with Gasteiger partial charge in [0.05, 0.1) is 49.7 Å². The first-order valence-electron chi connectivity index (χ1n) is 7.51. The third kappa shape index (κ3) is 2.89. The zero-order chi connectivity index (χ0) is 15.7. The van der Waals surface area contributed by atoms with Crippen molar-refractivity contribution >= 4 is 0 Å². The van der Waals surface area contributed by atoms with E-state index in [9.17, 15) is 10.2 Å². The number of aliphatic hydroxyl groups is 2. The molecule has 2 aliphatic heterocycles. The molecule has 2 saturated heterocycles. The quantitative estimate of drug-likeness (QED) is 0.726. The fourth-order valence-electron chi connectivity index (χ4n) is 2.92. The lowest BCUT2D eigenvalue weighted by atomic mass is 9.85. The maximum Gasteiger partial charge on any atom is 0.107 e. The van der Waals surface area contributed by atoms with Crippen LogP contribution in [0.15, 0.2) is 6.20 Å². The number of nitrogens with zero attached hydrogens (tertiary/aromatic N) is 3. The molecule has 22 heavy (non-hydrogen) atoms. The second-order valence-electron chi connectivity index (χ2n) is 6.35. The maximum atomic E-state index is 9.89. The van der Waals surface area contributed by atoms with E-state index in [2.05, 4.69) is 17.2 Å². The number of rotatable bonds is 5. The van der Waals surface area contributed by atoms with Gasteiger partial charge >= 0.3 is 0 Å². The first-order chi connectivity index (χ1) is 10.6. The lowest BCUT2D eigenvalue weighted by Crippen LogP contribution is -2.50. The highest BCUT2D eigenvalue weighted by Crippen LogP contribution is 2.30. The standard InChI is InChI=1S/C14H23N3O5/c1-14(7-21-8-14)13-5-17(16-15-13)4-11-10(20-2)3-9(19)12(6-18)22-11/h5,9-12,18-19H,3-4,6-8H2,1-2H3. The molecule has 0 aliphatic carbocycles. The molecule has 2 fully saturated rings. The average molecular weight is 313 g/mol. The van der Waals surface area contributed by atoms with Gasteiger partial charge in [0.2, 0.25) is 0 Å². The highest BCUT2D eigenvalue weighted by molar-refractivity contribution is 5.14. The molecule has 0 bridgehead atoms. The molecule has 3 rings (SSSR count). The molecule has 2 N–H and O–H groups in total. The Bertz CT molecular complexity index is 504. The Morgan fingerprint density at radius 2 is 2.23 bits per heavy atom. The Labute approximate surface area is 129 Å². The smallest absolute Gasteiger partial charge is 0.107 e. The molecular weight excluding hydrogens is 290 g/mol. The lowest BCUT2D eigenvalue weighted by Gasteiger charge is -2.38. The molecule has 0 radical (unpaired) electrons.